The lowest BCUT2D eigenvalue weighted by molar-refractivity contribution is -0.00576. The van der Waals surface area contributed by atoms with E-state index in [1.807, 2.05) is 13.2 Å². The van der Waals surface area contributed by atoms with Crippen LogP contribution in [0.2, 0.25) is 0 Å². The molecule has 1 aliphatic heterocycles. The number of aliphatic hydroxyl groups excluding tert-OH is 2. The number of hydrogen-bond acceptors (Lipinski definition) is 8. The normalized spacial score (nSPS) is 28.5. The Bertz CT molecular complexity index is 679. The highest BCUT2D eigenvalue weighted by Crippen LogP contribution is 2.39. The lowest BCUT2D eigenvalue weighted by Crippen LogP contribution is -2.25. The summed E-state index contributed by atoms with van der Waals surface area (Å²) >= 11 is 1.39. The number of fused-ring (bicyclic) bond motifs is 1. The average molecular weight is 325 g/mol. The van der Waals surface area contributed by atoms with Gasteiger partial charge < -0.3 is 20.7 Å². The topological polar surface area (TPSA) is 119 Å². The summed E-state index contributed by atoms with van der Waals surface area (Å²) in [6.07, 6.45) is 2.53. The van der Waals surface area contributed by atoms with E-state index >= 15 is 0 Å². The second kappa shape index (κ2) is 5.99. The van der Waals surface area contributed by atoms with Crippen molar-refractivity contribution in [1.82, 2.24) is 19.6 Å². The molecule has 0 aromatic carbocycles. The first-order valence-corrected chi connectivity index (χ1v) is 8.28. The first-order valence-electron chi connectivity index (χ1n) is 7.06. The smallest absolute Gasteiger partial charge is 0.209 e. The molecule has 8 nitrogen and oxygen atoms in total. The molecule has 0 saturated carbocycles. The molecule has 22 heavy (non-hydrogen) atoms. The number of nitrogens with zero attached hydrogens (tertiary/aromatic N) is 4. The van der Waals surface area contributed by atoms with Gasteiger partial charge in [0.05, 0.1) is 24.1 Å². The monoisotopic (exact) mass is 325 g/mol. The van der Waals surface area contributed by atoms with E-state index in [1.54, 1.807) is 10.7 Å². The molecule has 0 amide bonds. The Labute approximate surface area is 131 Å². The molecule has 0 spiro atoms. The van der Waals surface area contributed by atoms with Gasteiger partial charge in [-0.2, -0.15) is 0 Å². The number of aliphatic hydroxyl groups is 2. The van der Waals surface area contributed by atoms with E-state index in [0.29, 0.717) is 23.0 Å². The molecule has 0 aliphatic carbocycles. The number of nitrogen functional groups attached to an aromatic ring is 1. The fraction of sp³-hybridized carbons (Fsp3) is 0.615. The Morgan fingerprint density at radius 2 is 2.27 bits per heavy atom. The van der Waals surface area contributed by atoms with E-state index in [-0.39, 0.29) is 18.6 Å². The van der Waals surface area contributed by atoms with Crippen molar-refractivity contribution >= 4 is 23.2 Å². The Balaban J connectivity index is 2.01. The van der Waals surface area contributed by atoms with E-state index in [9.17, 15) is 5.11 Å². The maximum atomic E-state index is 10.3. The molecule has 1 fully saturated rings. The van der Waals surface area contributed by atoms with Crippen molar-refractivity contribution in [1.29, 1.82) is 0 Å². The largest absolute Gasteiger partial charge is 0.396 e. The Morgan fingerprint density at radius 3 is 2.95 bits per heavy atom. The summed E-state index contributed by atoms with van der Waals surface area (Å²) in [5, 5.41) is 24.3. The van der Waals surface area contributed by atoms with Crippen molar-refractivity contribution < 1.29 is 14.9 Å². The van der Waals surface area contributed by atoms with E-state index in [0.717, 1.165) is 5.69 Å². The number of ether oxygens (including phenoxy) is 1. The quantitative estimate of drug-likeness (QED) is 0.684. The number of nitrogens with two attached hydrogens (primary N) is 1. The molecular formula is C13H19N5O3S. The molecule has 120 valence electrons. The third kappa shape index (κ3) is 2.43. The van der Waals surface area contributed by atoms with Crippen LogP contribution in [-0.2, 0) is 4.74 Å². The van der Waals surface area contributed by atoms with Gasteiger partial charge in [-0.15, -0.1) is 5.10 Å². The van der Waals surface area contributed by atoms with E-state index in [1.165, 1.54) is 11.8 Å². The fourth-order valence-corrected chi connectivity index (χ4v) is 3.15. The summed E-state index contributed by atoms with van der Waals surface area (Å²) in [5.41, 5.74) is 7.11. The summed E-state index contributed by atoms with van der Waals surface area (Å²) in [4.78, 5) is 8.42. The predicted octanol–water partition coefficient (Wildman–Crippen LogP) is 0.248. The molecule has 2 aromatic rings. The second-order valence-electron chi connectivity index (χ2n) is 5.36. The lowest BCUT2D eigenvalue weighted by atomic mass is 9.96. The minimum atomic E-state index is -0.637. The van der Waals surface area contributed by atoms with Crippen LogP contribution in [0.3, 0.4) is 0 Å². The van der Waals surface area contributed by atoms with Gasteiger partial charge in [-0.05, 0) is 12.7 Å². The van der Waals surface area contributed by atoms with E-state index in [2.05, 4.69) is 15.1 Å². The number of imidazole rings is 1. The fourth-order valence-electron chi connectivity index (χ4n) is 2.80. The molecule has 3 heterocycles. The van der Waals surface area contributed by atoms with Crippen molar-refractivity contribution in [2.75, 3.05) is 18.6 Å². The first kappa shape index (κ1) is 15.5. The average Bonchev–Trinajstić information content (AvgIpc) is 3.04. The highest BCUT2D eigenvalue weighted by atomic mass is 32.2. The van der Waals surface area contributed by atoms with Gasteiger partial charge in [0.25, 0.3) is 0 Å². The molecule has 1 unspecified atom stereocenters. The molecule has 1 saturated heterocycles. The van der Waals surface area contributed by atoms with Crippen LogP contribution in [0.15, 0.2) is 11.4 Å². The Hall–Kier alpha value is -1.42. The van der Waals surface area contributed by atoms with E-state index < -0.39 is 12.2 Å². The van der Waals surface area contributed by atoms with Crippen LogP contribution < -0.4 is 5.73 Å². The standard InChI is InChI=1S/C13H19N5O3S/c1-6-9(20)8(3-4-19)21-10(6)7-5-15-12-11(14)16-13(22-2)17-18(7)12/h5-6,8-10,19-20H,3-4H2,1-2H3,(H2,14,16,17)/t6-,8?,9-,10+/m0/s1. The van der Waals surface area contributed by atoms with Crippen molar-refractivity contribution in [3.63, 3.8) is 0 Å². The minimum Gasteiger partial charge on any atom is -0.396 e. The third-order valence-corrected chi connectivity index (χ3v) is 4.54. The molecule has 9 heteroatoms. The zero-order valence-electron chi connectivity index (χ0n) is 12.4. The summed E-state index contributed by atoms with van der Waals surface area (Å²) in [6, 6.07) is 0. The van der Waals surface area contributed by atoms with Gasteiger partial charge in [-0.1, -0.05) is 18.7 Å². The lowest BCUT2D eigenvalue weighted by Gasteiger charge is -2.14. The van der Waals surface area contributed by atoms with Crippen LogP contribution in [0.25, 0.3) is 5.65 Å². The number of rotatable bonds is 4. The summed E-state index contributed by atoms with van der Waals surface area (Å²) in [6.45, 7) is 1.88. The molecule has 0 radical (unpaired) electrons. The number of aromatic nitrogens is 4. The predicted molar refractivity (Wildman–Crippen MR) is 81.5 cm³/mol. The van der Waals surface area contributed by atoms with Crippen LogP contribution in [0.4, 0.5) is 5.82 Å². The van der Waals surface area contributed by atoms with Crippen molar-refractivity contribution in [2.45, 2.75) is 36.8 Å². The van der Waals surface area contributed by atoms with Crippen molar-refractivity contribution in [2.24, 2.45) is 5.92 Å². The SMILES string of the molecule is CSc1nc(N)c2ncc([C@@H]3OC(CCO)[C@@H](O)[C@@H]3C)n2n1. The molecule has 3 rings (SSSR count). The van der Waals surface area contributed by atoms with Gasteiger partial charge in [0.15, 0.2) is 11.5 Å². The maximum absolute atomic E-state index is 10.3. The van der Waals surface area contributed by atoms with Crippen LogP contribution in [-0.4, -0.2) is 54.9 Å². The van der Waals surface area contributed by atoms with E-state index in [4.69, 9.17) is 15.6 Å². The zero-order chi connectivity index (χ0) is 15.9. The minimum absolute atomic E-state index is 0.0277. The molecule has 2 aromatic heterocycles. The zero-order valence-corrected chi connectivity index (χ0v) is 13.2. The number of anilines is 1. The highest BCUT2D eigenvalue weighted by molar-refractivity contribution is 7.98. The molecule has 0 bridgehead atoms. The first-order chi connectivity index (χ1) is 10.6. The third-order valence-electron chi connectivity index (χ3n) is 4.00. The highest BCUT2D eigenvalue weighted by Gasteiger charge is 2.42. The van der Waals surface area contributed by atoms with Crippen LogP contribution in [0.5, 0.6) is 0 Å². The Kier molecular flexibility index (Phi) is 4.22. The molecule has 1 aliphatic rings. The Morgan fingerprint density at radius 1 is 1.50 bits per heavy atom. The summed E-state index contributed by atoms with van der Waals surface area (Å²) in [7, 11) is 0. The van der Waals surface area contributed by atoms with Gasteiger partial charge in [0, 0.05) is 12.5 Å². The number of hydrogen-bond donors (Lipinski definition) is 3. The van der Waals surface area contributed by atoms with Gasteiger partial charge in [0.1, 0.15) is 6.10 Å². The van der Waals surface area contributed by atoms with Gasteiger partial charge in [-0.25, -0.2) is 14.5 Å². The maximum Gasteiger partial charge on any atom is 0.209 e. The van der Waals surface area contributed by atoms with Crippen molar-refractivity contribution in [3.8, 4) is 0 Å². The summed E-state index contributed by atoms with van der Waals surface area (Å²) in [5.74, 6) is 0.175. The van der Waals surface area contributed by atoms with Crippen LogP contribution >= 0.6 is 11.8 Å². The molecule has 4 N–H and O–H groups in total. The number of thioether (sulfide) groups is 1. The van der Waals surface area contributed by atoms with Gasteiger partial charge in [-0.3, -0.25) is 0 Å². The van der Waals surface area contributed by atoms with Crippen molar-refractivity contribution in [3.05, 3.63) is 11.9 Å². The van der Waals surface area contributed by atoms with Crippen LogP contribution in [0, 0.1) is 5.92 Å². The van der Waals surface area contributed by atoms with Gasteiger partial charge in [0.2, 0.25) is 5.16 Å². The van der Waals surface area contributed by atoms with Crippen LogP contribution in [0.1, 0.15) is 25.1 Å². The summed E-state index contributed by atoms with van der Waals surface area (Å²) < 4.78 is 7.54. The molecule has 4 atom stereocenters. The second-order valence-corrected chi connectivity index (χ2v) is 6.13. The molecular weight excluding hydrogens is 306 g/mol. The van der Waals surface area contributed by atoms with Gasteiger partial charge >= 0.3 is 0 Å².